The van der Waals surface area contributed by atoms with Gasteiger partial charge in [0, 0.05) is 17.0 Å². The van der Waals surface area contributed by atoms with Gasteiger partial charge in [-0.1, -0.05) is 185 Å². The van der Waals surface area contributed by atoms with Gasteiger partial charge in [-0.2, -0.15) is 0 Å². The number of fused-ring (bicyclic) bond motifs is 3. The Labute approximate surface area is 369 Å². The Morgan fingerprint density at radius 3 is 2.18 bits per heavy atom. The summed E-state index contributed by atoms with van der Waals surface area (Å²) in [6.07, 6.45) is 25.6. The summed E-state index contributed by atoms with van der Waals surface area (Å²) in [7, 11) is 0. The van der Waals surface area contributed by atoms with E-state index in [9.17, 15) is 0 Å². The molecule has 10 rings (SSSR count). The number of nitrogens with one attached hydrogen (secondary N) is 1. The predicted octanol–water partition coefficient (Wildman–Crippen LogP) is 16.5. The van der Waals surface area contributed by atoms with E-state index in [0.29, 0.717) is 0 Å². The second-order valence-electron chi connectivity index (χ2n) is 18.2. The summed E-state index contributed by atoms with van der Waals surface area (Å²) >= 11 is 0. The molecule has 6 aromatic carbocycles. The molecule has 0 aromatic heterocycles. The fourth-order valence-corrected chi connectivity index (χ4v) is 10.6. The lowest BCUT2D eigenvalue weighted by atomic mass is 9.77. The minimum Gasteiger partial charge on any atom is -0.378 e. The molecular weight excluding hydrogens is 747 g/mol. The molecule has 0 aliphatic heterocycles. The highest BCUT2D eigenvalue weighted by Gasteiger charge is 2.37. The molecule has 1 heteroatoms. The number of anilines is 1. The van der Waals surface area contributed by atoms with Crippen molar-refractivity contribution in [3.05, 3.63) is 227 Å². The van der Waals surface area contributed by atoms with E-state index < -0.39 is 0 Å². The van der Waals surface area contributed by atoms with E-state index in [4.69, 9.17) is 0 Å². The number of hydrogen-bond acceptors (Lipinski definition) is 1. The van der Waals surface area contributed by atoms with Gasteiger partial charge in [-0.05, 0) is 158 Å². The summed E-state index contributed by atoms with van der Waals surface area (Å²) < 4.78 is 0. The van der Waals surface area contributed by atoms with Crippen molar-refractivity contribution in [2.75, 3.05) is 5.32 Å². The molecule has 0 spiro atoms. The Kier molecular flexibility index (Phi) is 10.7. The first-order valence-corrected chi connectivity index (χ1v) is 22.9. The van der Waals surface area contributed by atoms with Crippen LogP contribution in [-0.2, 0) is 5.41 Å². The molecule has 0 radical (unpaired) electrons. The highest BCUT2D eigenvalue weighted by atomic mass is 14.9. The van der Waals surface area contributed by atoms with E-state index in [1.165, 1.54) is 108 Å². The first-order chi connectivity index (χ1) is 30.4. The van der Waals surface area contributed by atoms with Crippen LogP contribution in [0, 0.1) is 6.92 Å². The quantitative estimate of drug-likeness (QED) is 0.145. The maximum absolute atomic E-state index is 4.02. The zero-order valence-corrected chi connectivity index (χ0v) is 36.7. The third kappa shape index (κ3) is 7.49. The summed E-state index contributed by atoms with van der Waals surface area (Å²) in [5.41, 5.74) is 23.8. The van der Waals surface area contributed by atoms with Crippen molar-refractivity contribution in [3.63, 3.8) is 0 Å². The van der Waals surface area contributed by atoms with Gasteiger partial charge in [0.05, 0.1) is 6.04 Å². The van der Waals surface area contributed by atoms with E-state index >= 15 is 0 Å². The molecular formula is C61H57N. The normalized spacial score (nSPS) is 18.6. The van der Waals surface area contributed by atoms with Crippen molar-refractivity contribution in [1.29, 1.82) is 0 Å². The van der Waals surface area contributed by atoms with Crippen molar-refractivity contribution in [1.82, 2.24) is 0 Å². The molecule has 1 N–H and O–H groups in total. The fourth-order valence-electron chi connectivity index (χ4n) is 10.6. The summed E-state index contributed by atoms with van der Waals surface area (Å²) in [4.78, 5) is 0. The van der Waals surface area contributed by atoms with Gasteiger partial charge in [-0.15, -0.1) is 0 Å². The first kappa shape index (κ1) is 39.7. The molecule has 2 unspecified atom stereocenters. The van der Waals surface area contributed by atoms with Gasteiger partial charge in [0.2, 0.25) is 0 Å². The monoisotopic (exact) mass is 803 g/mol. The topological polar surface area (TPSA) is 12.0 Å². The average molecular weight is 804 g/mol. The number of aryl methyl sites for hydroxylation is 1. The van der Waals surface area contributed by atoms with Crippen molar-refractivity contribution in [2.45, 2.75) is 83.6 Å². The molecule has 4 aliphatic rings. The SMILES string of the molecule is CCCC1=C(c2cc(-c3ccc(C4C(c5ccc6c(c5)-c5ccc(C7=CCCC=C7)cc5C6(C)C)=CC=CC4Nc4cccc(-c5ccccc5)c4)cc3)ccc2C)C=CCC1. The van der Waals surface area contributed by atoms with Crippen LogP contribution >= 0.6 is 0 Å². The third-order valence-corrected chi connectivity index (χ3v) is 13.9. The highest BCUT2D eigenvalue weighted by molar-refractivity contribution is 5.88. The molecule has 4 aliphatic carbocycles. The van der Waals surface area contributed by atoms with E-state index in [2.05, 4.69) is 215 Å². The van der Waals surface area contributed by atoms with Crippen LogP contribution in [0.3, 0.4) is 0 Å². The van der Waals surface area contributed by atoms with Gasteiger partial charge in [0.25, 0.3) is 0 Å². The summed E-state index contributed by atoms with van der Waals surface area (Å²) in [6.45, 7) is 9.35. The van der Waals surface area contributed by atoms with Crippen LogP contribution < -0.4 is 5.32 Å². The van der Waals surface area contributed by atoms with E-state index in [0.717, 1.165) is 24.9 Å². The lowest BCUT2D eigenvalue weighted by Gasteiger charge is -2.32. The maximum Gasteiger partial charge on any atom is 0.0557 e. The molecule has 0 bridgehead atoms. The minimum absolute atomic E-state index is 0.0382. The van der Waals surface area contributed by atoms with E-state index in [1.54, 1.807) is 5.57 Å². The molecule has 62 heavy (non-hydrogen) atoms. The van der Waals surface area contributed by atoms with Gasteiger partial charge >= 0.3 is 0 Å². The van der Waals surface area contributed by atoms with Crippen LogP contribution in [-0.4, -0.2) is 6.04 Å². The minimum atomic E-state index is -0.0840. The molecule has 0 saturated carbocycles. The van der Waals surface area contributed by atoms with Gasteiger partial charge in [0.15, 0.2) is 0 Å². The Bertz CT molecular complexity index is 2850. The van der Waals surface area contributed by atoms with Crippen LogP contribution in [0.25, 0.3) is 50.1 Å². The highest BCUT2D eigenvalue weighted by Crippen LogP contribution is 2.51. The number of benzene rings is 6. The Balaban J connectivity index is 1.03. The van der Waals surface area contributed by atoms with Crippen LogP contribution in [0.5, 0.6) is 0 Å². The van der Waals surface area contributed by atoms with Crippen LogP contribution in [0.1, 0.15) is 104 Å². The Morgan fingerprint density at radius 1 is 0.613 bits per heavy atom. The molecule has 306 valence electrons. The maximum atomic E-state index is 4.02. The van der Waals surface area contributed by atoms with E-state index in [1.807, 2.05) is 0 Å². The molecule has 0 fully saturated rings. The average Bonchev–Trinajstić information content (AvgIpc) is 3.54. The lowest BCUT2D eigenvalue weighted by molar-refractivity contribution is 0.660. The van der Waals surface area contributed by atoms with Crippen molar-refractivity contribution < 1.29 is 0 Å². The first-order valence-electron chi connectivity index (χ1n) is 22.9. The van der Waals surface area contributed by atoms with Gasteiger partial charge < -0.3 is 5.32 Å². The summed E-state index contributed by atoms with van der Waals surface area (Å²) in [5.74, 6) is 0.0801. The molecule has 1 nitrogen and oxygen atoms in total. The van der Waals surface area contributed by atoms with Crippen LogP contribution in [0.15, 0.2) is 188 Å². The van der Waals surface area contributed by atoms with Crippen LogP contribution in [0.4, 0.5) is 5.69 Å². The molecule has 0 amide bonds. The summed E-state index contributed by atoms with van der Waals surface area (Å²) in [5, 5.41) is 4.02. The third-order valence-electron chi connectivity index (χ3n) is 13.9. The molecule has 6 aromatic rings. The van der Waals surface area contributed by atoms with Crippen molar-refractivity contribution in [3.8, 4) is 33.4 Å². The molecule has 2 atom stereocenters. The standard InChI is InChI=1S/C61H57N/c1-5-16-45-21-12-13-24-52(45)55-38-48(28-27-41(55)2)44-29-31-46(32-30-44)60-53(25-15-26-59(60)62-51-23-14-22-47(37-51)42-17-8-6-9-18-42)50-34-36-57-56(39-50)54-35-33-49(40-58(54)61(57,3)4)43-19-10-7-11-20-43/h6,8-10,13-15,17-20,22-40,59-60,62H,5,7,11-12,16,21H2,1-4H3. The molecule has 0 saturated heterocycles. The Hall–Kier alpha value is -6.44. The number of allylic oxidation sites excluding steroid dienone is 10. The largest absolute Gasteiger partial charge is 0.378 e. The second kappa shape index (κ2) is 16.8. The Morgan fingerprint density at radius 2 is 1.35 bits per heavy atom. The zero-order chi connectivity index (χ0) is 42.2. The second-order valence-corrected chi connectivity index (χ2v) is 18.2. The van der Waals surface area contributed by atoms with E-state index in [-0.39, 0.29) is 17.4 Å². The summed E-state index contributed by atoms with van der Waals surface area (Å²) in [6, 6.07) is 50.5. The number of hydrogen-bond donors (Lipinski definition) is 1. The van der Waals surface area contributed by atoms with Gasteiger partial charge in [-0.25, -0.2) is 0 Å². The molecule has 0 heterocycles. The van der Waals surface area contributed by atoms with Crippen molar-refractivity contribution >= 4 is 22.4 Å². The van der Waals surface area contributed by atoms with Gasteiger partial charge in [-0.3, -0.25) is 0 Å². The fraction of sp³-hybridized carbons (Fsp3) is 0.213. The van der Waals surface area contributed by atoms with Gasteiger partial charge in [0.1, 0.15) is 0 Å². The smallest absolute Gasteiger partial charge is 0.0557 e. The number of rotatable bonds is 10. The lowest BCUT2D eigenvalue weighted by Crippen LogP contribution is -2.28. The predicted molar refractivity (Wildman–Crippen MR) is 266 cm³/mol. The van der Waals surface area contributed by atoms with Crippen molar-refractivity contribution in [2.24, 2.45) is 0 Å². The van der Waals surface area contributed by atoms with Crippen LogP contribution in [0.2, 0.25) is 0 Å². The zero-order valence-electron chi connectivity index (χ0n) is 36.7.